The molecule has 1 N–H and O–H groups in total. The maximum Gasteiger partial charge on any atom is 0.411 e. The molecule has 0 saturated heterocycles. The van der Waals surface area contributed by atoms with Crippen molar-refractivity contribution in [3.8, 4) is 0 Å². The zero-order valence-electron chi connectivity index (χ0n) is 11.4. The summed E-state index contributed by atoms with van der Waals surface area (Å²) in [7, 11) is 0. The van der Waals surface area contributed by atoms with Crippen LogP contribution < -0.4 is 5.32 Å². The zero-order chi connectivity index (χ0) is 14.2. The molecule has 0 fully saturated rings. The Bertz CT molecular complexity index is 241. The maximum absolute atomic E-state index is 11.9. The monoisotopic (exact) mass is 267 g/mol. The minimum absolute atomic E-state index is 0.0887. The van der Waals surface area contributed by atoms with E-state index in [4.69, 9.17) is 0 Å². The topological polar surface area (TPSA) is 21.3 Å². The molecule has 0 heterocycles. The highest BCUT2D eigenvalue weighted by atomic mass is 19.4. The van der Waals surface area contributed by atoms with Gasteiger partial charge in [0, 0.05) is 13.2 Å². The average molecular weight is 267 g/mol. The molecule has 0 amide bonds. The second-order valence-corrected chi connectivity index (χ2v) is 5.30. The summed E-state index contributed by atoms with van der Waals surface area (Å²) < 4.78 is 40.3. The molecule has 0 aliphatic heterocycles. The summed E-state index contributed by atoms with van der Waals surface area (Å²) in [6.45, 7) is 10.4. The van der Waals surface area contributed by atoms with Crippen LogP contribution in [0.25, 0.3) is 0 Å². The third-order valence-corrected chi connectivity index (χ3v) is 2.66. The highest BCUT2D eigenvalue weighted by molar-refractivity contribution is 4.93. The van der Waals surface area contributed by atoms with Crippen LogP contribution >= 0.6 is 0 Å². The Hall–Kier alpha value is -0.550. The van der Waals surface area contributed by atoms with Gasteiger partial charge >= 0.3 is 6.18 Å². The number of halogens is 3. The number of alkyl halides is 3. The number of nitrogens with one attached hydrogen (secondary N) is 1. The van der Waals surface area contributed by atoms with E-state index < -0.39 is 12.8 Å². The fraction of sp³-hybridized carbons (Fsp3) is 0.846. The van der Waals surface area contributed by atoms with Gasteiger partial charge in [-0.3, -0.25) is 0 Å². The minimum Gasteiger partial charge on any atom is -0.372 e. The van der Waals surface area contributed by atoms with Gasteiger partial charge in [-0.05, 0) is 24.3 Å². The van der Waals surface area contributed by atoms with Crippen molar-refractivity contribution in [1.29, 1.82) is 0 Å². The highest BCUT2D eigenvalue weighted by Crippen LogP contribution is 2.22. The summed E-state index contributed by atoms with van der Waals surface area (Å²) in [5.74, 6) is 0.542. The van der Waals surface area contributed by atoms with Crippen LogP contribution in [0.4, 0.5) is 13.2 Å². The smallest absolute Gasteiger partial charge is 0.372 e. The minimum atomic E-state index is -4.25. The van der Waals surface area contributed by atoms with Crippen molar-refractivity contribution in [2.24, 2.45) is 11.3 Å². The van der Waals surface area contributed by atoms with Crippen molar-refractivity contribution in [3.63, 3.8) is 0 Å². The van der Waals surface area contributed by atoms with Crippen LogP contribution in [0.1, 0.15) is 27.2 Å². The van der Waals surface area contributed by atoms with E-state index >= 15 is 0 Å². The molecule has 0 aliphatic carbocycles. The molecule has 0 aromatic rings. The molecule has 108 valence electrons. The van der Waals surface area contributed by atoms with E-state index in [9.17, 15) is 13.2 Å². The summed E-state index contributed by atoms with van der Waals surface area (Å²) in [4.78, 5) is 0. The predicted molar refractivity (Wildman–Crippen MR) is 67.5 cm³/mol. The third kappa shape index (κ3) is 9.48. The highest BCUT2D eigenvalue weighted by Gasteiger charge is 2.28. The van der Waals surface area contributed by atoms with Crippen LogP contribution in [-0.2, 0) is 4.74 Å². The van der Waals surface area contributed by atoms with Gasteiger partial charge in [-0.2, -0.15) is 13.2 Å². The Morgan fingerprint density at radius 1 is 1.33 bits per heavy atom. The second kappa shape index (κ2) is 7.79. The first-order valence-corrected chi connectivity index (χ1v) is 6.17. The largest absolute Gasteiger partial charge is 0.411 e. The van der Waals surface area contributed by atoms with Gasteiger partial charge < -0.3 is 10.1 Å². The lowest BCUT2D eigenvalue weighted by Gasteiger charge is -2.26. The van der Waals surface area contributed by atoms with E-state index in [0.717, 1.165) is 6.54 Å². The van der Waals surface area contributed by atoms with Gasteiger partial charge in [-0.1, -0.05) is 26.8 Å². The summed E-state index contributed by atoms with van der Waals surface area (Å²) >= 11 is 0. The average Bonchev–Trinajstić information content (AvgIpc) is 2.23. The first kappa shape index (κ1) is 17.4. The Morgan fingerprint density at radius 3 is 2.39 bits per heavy atom. The maximum atomic E-state index is 11.9. The molecule has 0 radical (unpaired) electrons. The Balaban J connectivity index is 3.89. The van der Waals surface area contributed by atoms with Crippen LogP contribution in [0.2, 0.25) is 0 Å². The normalized spacial score (nSPS) is 15.7. The van der Waals surface area contributed by atoms with Crippen molar-refractivity contribution in [2.75, 3.05) is 26.3 Å². The van der Waals surface area contributed by atoms with E-state index in [1.807, 2.05) is 6.92 Å². The van der Waals surface area contributed by atoms with Crippen molar-refractivity contribution in [2.45, 2.75) is 33.4 Å². The summed E-state index contributed by atoms with van der Waals surface area (Å²) in [6.07, 6.45) is -1.95. The predicted octanol–water partition coefficient (Wildman–Crippen LogP) is 3.39. The first-order chi connectivity index (χ1) is 8.18. The number of rotatable bonds is 9. The Morgan fingerprint density at radius 2 is 1.94 bits per heavy atom. The van der Waals surface area contributed by atoms with Crippen LogP contribution in [-0.4, -0.2) is 32.5 Å². The van der Waals surface area contributed by atoms with E-state index in [1.165, 1.54) is 0 Å². The number of hydrogen-bond acceptors (Lipinski definition) is 2. The van der Waals surface area contributed by atoms with Crippen molar-refractivity contribution in [3.05, 3.63) is 12.7 Å². The molecule has 0 aromatic heterocycles. The molecule has 0 rings (SSSR count). The summed E-state index contributed by atoms with van der Waals surface area (Å²) in [6, 6.07) is 0. The molecule has 0 bridgehead atoms. The van der Waals surface area contributed by atoms with Gasteiger partial charge in [-0.25, -0.2) is 0 Å². The van der Waals surface area contributed by atoms with E-state index in [0.29, 0.717) is 18.9 Å². The van der Waals surface area contributed by atoms with Crippen LogP contribution in [0.3, 0.4) is 0 Å². The number of hydrogen-bond donors (Lipinski definition) is 1. The van der Waals surface area contributed by atoms with E-state index in [2.05, 4.69) is 30.5 Å². The van der Waals surface area contributed by atoms with Gasteiger partial charge in [0.2, 0.25) is 0 Å². The van der Waals surface area contributed by atoms with E-state index in [-0.39, 0.29) is 12.0 Å². The SMILES string of the molecule is C=CC(C)(CCOCC(F)(F)F)CNCC(C)C. The van der Waals surface area contributed by atoms with Gasteiger partial charge in [0.05, 0.1) is 0 Å². The Labute approximate surface area is 108 Å². The van der Waals surface area contributed by atoms with E-state index in [1.54, 1.807) is 6.08 Å². The van der Waals surface area contributed by atoms with Crippen molar-refractivity contribution in [1.82, 2.24) is 5.32 Å². The molecular weight excluding hydrogens is 243 g/mol. The van der Waals surface area contributed by atoms with Gasteiger partial charge in [0.1, 0.15) is 6.61 Å². The molecule has 0 saturated carbocycles. The summed E-state index contributed by atoms with van der Waals surface area (Å²) in [5, 5.41) is 3.28. The number of ether oxygens (including phenoxy) is 1. The molecule has 1 unspecified atom stereocenters. The molecule has 1 atom stereocenters. The fourth-order valence-corrected chi connectivity index (χ4v) is 1.40. The lowest BCUT2D eigenvalue weighted by molar-refractivity contribution is -0.175. The Kier molecular flexibility index (Phi) is 7.55. The molecule has 2 nitrogen and oxygen atoms in total. The van der Waals surface area contributed by atoms with Crippen LogP contribution in [0.5, 0.6) is 0 Å². The van der Waals surface area contributed by atoms with Crippen LogP contribution in [0.15, 0.2) is 12.7 Å². The lowest BCUT2D eigenvalue weighted by Crippen LogP contribution is -2.33. The third-order valence-electron chi connectivity index (χ3n) is 2.66. The molecule has 5 heteroatoms. The molecule has 0 aliphatic rings. The molecule has 0 aromatic carbocycles. The van der Waals surface area contributed by atoms with Gasteiger partial charge in [0.15, 0.2) is 0 Å². The quantitative estimate of drug-likeness (QED) is 0.510. The van der Waals surface area contributed by atoms with Crippen molar-refractivity contribution < 1.29 is 17.9 Å². The lowest BCUT2D eigenvalue weighted by atomic mass is 9.87. The molecule has 18 heavy (non-hydrogen) atoms. The van der Waals surface area contributed by atoms with Crippen molar-refractivity contribution >= 4 is 0 Å². The van der Waals surface area contributed by atoms with Crippen LogP contribution in [0, 0.1) is 11.3 Å². The zero-order valence-corrected chi connectivity index (χ0v) is 11.4. The fourth-order valence-electron chi connectivity index (χ4n) is 1.40. The first-order valence-electron chi connectivity index (χ1n) is 6.17. The van der Waals surface area contributed by atoms with Gasteiger partial charge in [-0.15, -0.1) is 6.58 Å². The van der Waals surface area contributed by atoms with Gasteiger partial charge in [0.25, 0.3) is 0 Å². The second-order valence-electron chi connectivity index (χ2n) is 5.30. The standard InChI is InChI=1S/C13H24F3NO/c1-5-12(4,9-17-8-11(2)3)6-7-18-10-13(14,15)16/h5,11,17H,1,6-10H2,2-4H3. The summed E-state index contributed by atoms with van der Waals surface area (Å²) in [5.41, 5.74) is -0.236. The molecular formula is C13H24F3NO. The molecule has 0 spiro atoms.